The summed E-state index contributed by atoms with van der Waals surface area (Å²) in [6, 6.07) is 6.42. The number of alkyl halides is 2. The molecule has 0 aliphatic carbocycles. The predicted molar refractivity (Wildman–Crippen MR) is 111 cm³/mol. The van der Waals surface area contributed by atoms with E-state index >= 15 is 0 Å². The fraction of sp³-hybridized carbons (Fsp3) is 0.238. The number of rotatable bonds is 6. The Hall–Kier alpha value is -3.20. The molecule has 1 aliphatic heterocycles. The number of aromatic nitrogens is 2. The molecule has 1 atom stereocenters. The molecular weight excluding hydrogens is 433 g/mol. The largest absolute Gasteiger partial charge is 0.493 e. The lowest BCUT2D eigenvalue weighted by molar-refractivity contribution is 0.0914. The summed E-state index contributed by atoms with van der Waals surface area (Å²) in [6.07, 6.45) is -0.581. The van der Waals surface area contributed by atoms with Crippen molar-refractivity contribution in [1.82, 2.24) is 15.3 Å². The van der Waals surface area contributed by atoms with Gasteiger partial charge in [0.25, 0.3) is 5.91 Å². The summed E-state index contributed by atoms with van der Waals surface area (Å²) in [5, 5.41) is 6.07. The van der Waals surface area contributed by atoms with Gasteiger partial charge >= 0.3 is 0 Å². The number of para-hydroxylation sites is 1. The van der Waals surface area contributed by atoms with Crippen LogP contribution in [0, 0.1) is 5.82 Å². The summed E-state index contributed by atoms with van der Waals surface area (Å²) < 4.78 is 46.3. The average molecular weight is 451 g/mol. The number of H-pyrrole nitrogens is 1. The van der Waals surface area contributed by atoms with E-state index in [0.717, 1.165) is 6.20 Å². The van der Waals surface area contributed by atoms with E-state index in [4.69, 9.17) is 16.3 Å². The maximum Gasteiger partial charge on any atom is 0.255 e. The zero-order chi connectivity index (χ0) is 22.1. The summed E-state index contributed by atoms with van der Waals surface area (Å²) in [4.78, 5) is 19.5. The lowest BCUT2D eigenvalue weighted by atomic mass is 9.93. The Kier molecular flexibility index (Phi) is 5.77. The van der Waals surface area contributed by atoms with E-state index < -0.39 is 30.5 Å². The summed E-state index contributed by atoms with van der Waals surface area (Å²) >= 11 is 6.20. The Labute approximate surface area is 180 Å². The second kappa shape index (κ2) is 8.50. The summed E-state index contributed by atoms with van der Waals surface area (Å²) in [7, 11) is 1.44. The third kappa shape index (κ3) is 3.93. The van der Waals surface area contributed by atoms with E-state index in [1.807, 2.05) is 0 Å². The van der Waals surface area contributed by atoms with Crippen LogP contribution in [0.2, 0.25) is 5.02 Å². The van der Waals surface area contributed by atoms with E-state index in [9.17, 15) is 18.0 Å². The fourth-order valence-corrected chi connectivity index (χ4v) is 3.99. The molecule has 1 amide bonds. The molecule has 0 unspecified atom stereocenters. The average Bonchev–Trinajstić information content (AvgIpc) is 3.10. The van der Waals surface area contributed by atoms with Crippen LogP contribution in [-0.2, 0) is 0 Å². The van der Waals surface area contributed by atoms with Gasteiger partial charge < -0.3 is 20.4 Å². The van der Waals surface area contributed by atoms with Gasteiger partial charge in [-0.3, -0.25) is 9.78 Å². The van der Waals surface area contributed by atoms with E-state index in [2.05, 4.69) is 20.6 Å². The Bertz CT molecular complexity index is 1140. The van der Waals surface area contributed by atoms with E-state index in [-0.39, 0.29) is 29.1 Å². The van der Waals surface area contributed by atoms with Gasteiger partial charge in [-0.2, -0.15) is 0 Å². The molecule has 162 valence electrons. The van der Waals surface area contributed by atoms with Crippen LogP contribution in [0.3, 0.4) is 0 Å². The van der Waals surface area contributed by atoms with Crippen molar-refractivity contribution in [3.8, 4) is 17.0 Å². The highest BCUT2D eigenvalue weighted by Crippen LogP contribution is 2.43. The van der Waals surface area contributed by atoms with Gasteiger partial charge in [0, 0.05) is 36.3 Å². The van der Waals surface area contributed by atoms with Crippen molar-refractivity contribution in [1.29, 1.82) is 0 Å². The van der Waals surface area contributed by atoms with Gasteiger partial charge in [-0.1, -0.05) is 17.7 Å². The van der Waals surface area contributed by atoms with Gasteiger partial charge in [-0.15, -0.1) is 0 Å². The predicted octanol–water partition coefficient (Wildman–Crippen LogP) is 5.10. The number of carbonyl (C=O) groups is 1. The minimum Gasteiger partial charge on any atom is -0.493 e. The van der Waals surface area contributed by atoms with Crippen LogP contribution < -0.4 is 15.4 Å². The first-order valence-electron chi connectivity index (χ1n) is 9.42. The van der Waals surface area contributed by atoms with Crippen molar-refractivity contribution < 1.29 is 22.7 Å². The molecule has 3 aromatic rings. The number of hydrogen-bond acceptors (Lipinski definition) is 4. The highest BCUT2D eigenvalue weighted by molar-refractivity contribution is 6.32. The minimum atomic E-state index is -2.57. The van der Waals surface area contributed by atoms with Gasteiger partial charge in [-0.25, -0.2) is 13.2 Å². The van der Waals surface area contributed by atoms with E-state index in [1.165, 1.54) is 19.4 Å². The number of pyridine rings is 1. The number of ether oxygens (including phenoxy) is 1. The number of nitrogens with one attached hydrogen (secondary N) is 3. The standard InChI is InChI=1S/C21H18ClF3N4O2/c1-31-20-12(22)3-2-4-14(20)28-19-16-17(10(7-15(24)25)8-27-21(16)30)29-18(19)11-5-6-26-9-13(11)23/h2-6,9-10,15,28-29H,7-8H2,1H3,(H,27,30)/t10-/m1/s1. The van der Waals surface area contributed by atoms with Crippen molar-refractivity contribution in [3.05, 3.63) is 58.8 Å². The molecule has 0 fully saturated rings. The quantitative estimate of drug-likeness (QED) is 0.488. The molecule has 3 N–H and O–H groups in total. The number of anilines is 2. The molecule has 1 aromatic carbocycles. The second-order valence-corrected chi connectivity index (χ2v) is 7.41. The lowest BCUT2D eigenvalue weighted by Gasteiger charge is -2.23. The molecular formula is C21H18ClF3N4O2. The maximum atomic E-state index is 14.6. The van der Waals surface area contributed by atoms with Gasteiger partial charge in [0.1, 0.15) is 0 Å². The first-order chi connectivity index (χ1) is 14.9. The lowest BCUT2D eigenvalue weighted by Crippen LogP contribution is -2.35. The molecule has 10 heteroatoms. The number of benzene rings is 1. The van der Waals surface area contributed by atoms with Crippen molar-refractivity contribution in [2.24, 2.45) is 0 Å². The number of methoxy groups -OCH3 is 1. The number of carbonyl (C=O) groups excluding carboxylic acids is 1. The van der Waals surface area contributed by atoms with Crippen LogP contribution in [0.4, 0.5) is 24.5 Å². The molecule has 31 heavy (non-hydrogen) atoms. The first-order valence-corrected chi connectivity index (χ1v) is 9.80. The second-order valence-electron chi connectivity index (χ2n) is 7.00. The van der Waals surface area contributed by atoms with Gasteiger partial charge in [0.15, 0.2) is 11.6 Å². The number of aromatic amines is 1. The zero-order valence-electron chi connectivity index (χ0n) is 16.3. The van der Waals surface area contributed by atoms with Crippen LogP contribution in [0.1, 0.15) is 28.4 Å². The van der Waals surface area contributed by atoms with Gasteiger partial charge in [0.2, 0.25) is 6.43 Å². The Morgan fingerprint density at radius 1 is 1.35 bits per heavy atom. The molecule has 0 spiro atoms. The third-order valence-electron chi connectivity index (χ3n) is 5.11. The number of hydrogen-bond donors (Lipinski definition) is 3. The molecule has 3 heterocycles. The Balaban J connectivity index is 1.93. The topological polar surface area (TPSA) is 79.0 Å². The van der Waals surface area contributed by atoms with Crippen molar-refractivity contribution in [3.63, 3.8) is 0 Å². The molecule has 0 radical (unpaired) electrons. The number of amides is 1. The van der Waals surface area contributed by atoms with Crippen molar-refractivity contribution in [2.45, 2.75) is 18.8 Å². The Morgan fingerprint density at radius 2 is 2.16 bits per heavy atom. The van der Waals surface area contributed by atoms with E-state index in [0.29, 0.717) is 22.2 Å². The summed E-state index contributed by atoms with van der Waals surface area (Å²) in [5.41, 5.74) is 1.50. The van der Waals surface area contributed by atoms with E-state index in [1.54, 1.807) is 18.2 Å². The van der Waals surface area contributed by atoms with Crippen molar-refractivity contribution >= 4 is 28.9 Å². The van der Waals surface area contributed by atoms with Crippen LogP contribution in [0.5, 0.6) is 5.75 Å². The highest BCUT2D eigenvalue weighted by Gasteiger charge is 2.34. The molecule has 1 aliphatic rings. The zero-order valence-corrected chi connectivity index (χ0v) is 17.1. The first kappa shape index (κ1) is 21.0. The van der Waals surface area contributed by atoms with Gasteiger partial charge in [0.05, 0.1) is 41.0 Å². The molecule has 6 nitrogen and oxygen atoms in total. The SMILES string of the molecule is COc1c(Cl)cccc1Nc1c(-c2ccncc2F)[nH]c2c1C(=O)NC[C@H]2CC(F)F. The fourth-order valence-electron chi connectivity index (χ4n) is 3.74. The molecule has 2 aromatic heterocycles. The highest BCUT2D eigenvalue weighted by atomic mass is 35.5. The smallest absolute Gasteiger partial charge is 0.255 e. The third-order valence-corrected chi connectivity index (χ3v) is 5.41. The maximum absolute atomic E-state index is 14.6. The summed E-state index contributed by atoms with van der Waals surface area (Å²) in [6.45, 7) is 0.0505. The van der Waals surface area contributed by atoms with Gasteiger partial charge in [-0.05, 0) is 18.2 Å². The van der Waals surface area contributed by atoms with Crippen LogP contribution in [-0.4, -0.2) is 36.0 Å². The molecule has 0 saturated heterocycles. The molecule has 0 bridgehead atoms. The monoisotopic (exact) mass is 450 g/mol. The van der Waals surface area contributed by atoms with Crippen LogP contribution in [0.15, 0.2) is 36.7 Å². The summed E-state index contributed by atoms with van der Waals surface area (Å²) in [5.74, 6) is -1.43. The normalized spacial score (nSPS) is 15.5. The number of halogens is 4. The molecule has 4 rings (SSSR count). The molecule has 0 saturated carbocycles. The number of nitrogens with zero attached hydrogens (tertiary/aromatic N) is 1. The van der Waals surface area contributed by atoms with Crippen LogP contribution >= 0.6 is 11.6 Å². The minimum absolute atomic E-state index is 0.0505. The number of fused-ring (bicyclic) bond motifs is 1. The van der Waals surface area contributed by atoms with Crippen molar-refractivity contribution in [2.75, 3.05) is 19.0 Å². The van der Waals surface area contributed by atoms with Crippen LogP contribution in [0.25, 0.3) is 11.3 Å². The Morgan fingerprint density at radius 3 is 2.87 bits per heavy atom.